The van der Waals surface area contributed by atoms with Crippen LogP contribution in [0.4, 0.5) is 34.1 Å². The van der Waals surface area contributed by atoms with Gasteiger partial charge in [0.25, 0.3) is 0 Å². The van der Waals surface area contributed by atoms with Crippen LogP contribution in [0.5, 0.6) is 0 Å². The first-order valence-corrected chi connectivity index (χ1v) is 32.4. The van der Waals surface area contributed by atoms with E-state index in [2.05, 4.69) is 145 Å². The predicted octanol–water partition coefficient (Wildman–Crippen LogP) is 25.5. The Kier molecular flexibility index (Phi) is 8.80. The summed E-state index contributed by atoms with van der Waals surface area (Å²) < 4.78 is 206. The molecule has 18 rings (SSSR count). The lowest BCUT2D eigenvalue weighted by molar-refractivity contribution is 0.590. The van der Waals surface area contributed by atoms with Crippen molar-refractivity contribution < 1.29 is 33.2 Å². The highest BCUT2D eigenvalue weighted by molar-refractivity contribution is 6.14. The minimum Gasteiger partial charge on any atom is -0.454 e. The van der Waals surface area contributed by atoms with E-state index in [1.807, 2.05) is 60.7 Å². The van der Waals surface area contributed by atoms with Gasteiger partial charge in [-0.2, -0.15) is 0 Å². The van der Waals surface area contributed by atoms with Crippen LogP contribution in [0.25, 0.3) is 93.9 Å². The lowest BCUT2D eigenvalue weighted by atomic mass is 9.74. The van der Waals surface area contributed by atoms with Crippen LogP contribution in [-0.2, 0) is 16.2 Å². The van der Waals surface area contributed by atoms with Crippen molar-refractivity contribution >= 4 is 77.9 Å². The van der Waals surface area contributed by atoms with E-state index in [-0.39, 0.29) is 82.9 Å². The normalized spacial score (nSPS) is 17.4. The molecule has 96 heavy (non-hydrogen) atoms. The van der Waals surface area contributed by atoms with E-state index < -0.39 is 144 Å². The molecule has 2 aromatic heterocycles. The van der Waals surface area contributed by atoms with Crippen molar-refractivity contribution in [1.29, 1.82) is 0 Å². The van der Waals surface area contributed by atoms with Crippen LogP contribution < -0.4 is 9.80 Å². The minimum atomic E-state index is -1.24. The highest BCUT2D eigenvalue weighted by Gasteiger charge is 2.43. The van der Waals surface area contributed by atoms with Crippen LogP contribution in [-0.4, -0.2) is 4.57 Å². The molecule has 4 heteroatoms. The molecule has 2 aliphatic heterocycles. The number of fused-ring (bicyclic) bond motifs is 13. The van der Waals surface area contributed by atoms with Crippen LogP contribution in [0, 0.1) is 0 Å². The summed E-state index contributed by atoms with van der Waals surface area (Å²) in [5, 5.41) is 0.761. The number of para-hydroxylation sites is 4. The zero-order valence-corrected chi connectivity index (χ0v) is 54.3. The molecule has 13 aromatic carbocycles. The maximum Gasteiger partial charge on any atom is 0.159 e. The summed E-state index contributed by atoms with van der Waals surface area (Å²) in [6.07, 6.45) is 0. The van der Waals surface area contributed by atoms with Crippen molar-refractivity contribution in [3.63, 3.8) is 0 Å². The van der Waals surface area contributed by atoms with Crippen molar-refractivity contribution in [1.82, 2.24) is 4.57 Å². The first-order chi connectivity index (χ1) is 55.2. The molecule has 15 aromatic rings. The van der Waals surface area contributed by atoms with Crippen LogP contribution in [0.15, 0.2) is 283 Å². The first kappa shape index (κ1) is 39.7. The maximum atomic E-state index is 10.0. The van der Waals surface area contributed by atoms with E-state index in [1.165, 1.54) is 4.57 Å². The van der Waals surface area contributed by atoms with E-state index in [9.17, 15) is 19.2 Å². The second kappa shape index (κ2) is 21.3. The summed E-state index contributed by atoms with van der Waals surface area (Å²) >= 11 is 0. The van der Waals surface area contributed by atoms with Crippen molar-refractivity contribution in [2.45, 2.75) is 90.4 Å². The topological polar surface area (TPSA) is 24.6 Å². The number of furan rings is 1. The molecular formula is C92H75N3O. The highest BCUT2D eigenvalue weighted by Crippen LogP contribution is 2.63. The van der Waals surface area contributed by atoms with E-state index >= 15 is 0 Å². The van der Waals surface area contributed by atoms with Gasteiger partial charge in [0.15, 0.2) is 5.58 Å². The average Bonchev–Trinajstić information content (AvgIpc) is 1.68. The molecule has 1 aliphatic carbocycles. The molecule has 0 N–H and O–H groups in total. The summed E-state index contributed by atoms with van der Waals surface area (Å²) in [7, 11) is 0. The highest BCUT2D eigenvalue weighted by atomic mass is 16.3. The van der Waals surface area contributed by atoms with Gasteiger partial charge in [-0.1, -0.05) is 286 Å². The fraction of sp³-hybridized carbons (Fsp3) is 0.152. The molecular weight excluding hydrogens is 1160 g/mol. The first-order valence-electron chi connectivity index (χ1n) is 42.9. The van der Waals surface area contributed by atoms with E-state index in [4.69, 9.17) is 14.0 Å². The molecule has 1 unspecified atom stereocenters. The number of anilines is 6. The summed E-state index contributed by atoms with van der Waals surface area (Å²) in [5.74, 6) is -2.03. The van der Waals surface area contributed by atoms with Gasteiger partial charge in [0.05, 0.1) is 73.9 Å². The average molecular weight is 1260 g/mol. The van der Waals surface area contributed by atoms with E-state index in [0.717, 1.165) is 44.5 Å². The van der Waals surface area contributed by atoms with E-state index in [1.54, 1.807) is 18.2 Å². The molecule has 464 valence electrons. The third kappa shape index (κ3) is 9.02. The van der Waals surface area contributed by atoms with Crippen LogP contribution >= 0.6 is 0 Å². The monoisotopic (exact) mass is 1260 g/mol. The largest absolute Gasteiger partial charge is 0.454 e. The summed E-state index contributed by atoms with van der Waals surface area (Å²) in [6, 6.07) is 38.3. The third-order valence-corrected chi connectivity index (χ3v) is 19.7. The molecule has 1 atom stereocenters. The summed E-state index contributed by atoms with van der Waals surface area (Å²) in [5.41, 5.74) is 11.3. The number of benzene rings is 13. The molecule has 4 nitrogen and oxygen atoms in total. The number of aromatic nitrogens is 1. The van der Waals surface area contributed by atoms with Crippen molar-refractivity contribution in [2.75, 3.05) is 9.80 Å². The van der Waals surface area contributed by atoms with Crippen LogP contribution in [0.2, 0.25) is 0 Å². The van der Waals surface area contributed by atoms with Crippen LogP contribution in [0.1, 0.15) is 153 Å². The van der Waals surface area contributed by atoms with Gasteiger partial charge in [-0.05, 0) is 154 Å². The lowest BCUT2D eigenvalue weighted by Gasteiger charge is -2.46. The molecule has 0 bridgehead atoms. The Labute approximate surface area is 592 Å². The number of nitrogens with zero attached hydrogens (tertiary/aromatic N) is 3. The van der Waals surface area contributed by atoms with Gasteiger partial charge in [-0.15, -0.1) is 0 Å². The zero-order chi connectivity index (χ0) is 83.4. The van der Waals surface area contributed by atoms with E-state index in [0.29, 0.717) is 61.6 Å². The van der Waals surface area contributed by atoms with Gasteiger partial charge in [-0.3, -0.25) is 0 Å². The summed E-state index contributed by atoms with van der Waals surface area (Å²) in [4.78, 5) is 4.14. The molecule has 0 saturated carbocycles. The fourth-order valence-electron chi connectivity index (χ4n) is 14.9. The second-order valence-electron chi connectivity index (χ2n) is 28.5. The molecule has 0 fully saturated rings. The Bertz CT molecular complexity index is 6820. The molecule has 0 radical (unpaired) electrons. The molecule has 0 amide bonds. The number of hydrogen-bond donors (Lipinski definition) is 0. The lowest BCUT2D eigenvalue weighted by Crippen LogP contribution is -2.30. The number of hydrogen-bond acceptors (Lipinski definition) is 3. The summed E-state index contributed by atoms with van der Waals surface area (Å²) in [6.45, 7) is 19.2. The zero-order valence-electron chi connectivity index (χ0n) is 75.3. The molecule has 4 heterocycles. The van der Waals surface area contributed by atoms with Crippen LogP contribution in [0.3, 0.4) is 0 Å². The second-order valence-corrected chi connectivity index (χ2v) is 28.5. The Morgan fingerprint density at radius 3 is 1.48 bits per heavy atom. The minimum absolute atomic E-state index is 0.0438. The third-order valence-electron chi connectivity index (χ3n) is 19.7. The Hall–Kier alpha value is -10.9. The predicted molar refractivity (Wildman–Crippen MR) is 404 cm³/mol. The van der Waals surface area contributed by atoms with Gasteiger partial charge in [0, 0.05) is 50.2 Å². The Balaban J connectivity index is 1.03. The molecule has 0 spiro atoms. The van der Waals surface area contributed by atoms with Gasteiger partial charge < -0.3 is 18.8 Å². The quantitative estimate of drug-likeness (QED) is 0.159. The van der Waals surface area contributed by atoms with Crippen molar-refractivity contribution in [2.24, 2.45) is 0 Å². The van der Waals surface area contributed by atoms with Crippen molar-refractivity contribution in [3.05, 3.63) is 329 Å². The molecule has 0 saturated heterocycles. The van der Waals surface area contributed by atoms with Gasteiger partial charge in [-0.25, -0.2) is 0 Å². The van der Waals surface area contributed by atoms with Gasteiger partial charge in [0.1, 0.15) is 5.58 Å². The fourth-order valence-corrected chi connectivity index (χ4v) is 14.9. The van der Waals surface area contributed by atoms with Gasteiger partial charge >= 0.3 is 0 Å². The maximum absolute atomic E-state index is 10.0. The standard InChI is InChI=1S/C92H75N3O/c1-90(2,3)62-44-40-57(41-45-62)61-49-64(92(7,8)9)53-65(50-61)94-81-51-59(56-24-11-10-12-25-56)42-46-75(81)86-76-47-43-60(58-26-21-27-63(48-58)91(4,5)6)52-82(76)95(84-55-66(54-83(94)87(84)86)93-78-37-19-17-30-69(78)70-31-18-20-38-79(70)93)80-39-23-35-74-73-34-22-36-77(88(73)96-89(74)80)85-71-32-15-13-28-67(71)68-29-14-16-33-72(68)85/h10-55,85-86H,1-9H3/i10D,11D,12D,13D,14D,15D,16D,17D,18D,19D,20D,24D,25D,28D,29D,30D,31D,32D,33D,37D,38D. The Morgan fingerprint density at radius 1 is 0.312 bits per heavy atom. The van der Waals surface area contributed by atoms with Gasteiger partial charge in [0.2, 0.25) is 0 Å². The Morgan fingerprint density at radius 2 is 0.833 bits per heavy atom. The SMILES string of the molecule is [2H]c1c([2H])c([2H])c(-c2ccc3c(c2)N(c2cc(-c4ccc(C(C)(C)C)cc4)cc(C(C)(C)C)c2)c2cc(-n4c5c([2H])c([2H])c([2H])c([2H])c5c5c([2H])c([2H])c([2H])c([2H])c54)cc4c2C3c2ccc(-c3cccc(C(C)(C)C)c3)cc2N4c2cccc3c2oc2c(C4c5c([2H])c([2H])c([2H])c([2H])c5-c5c([2H])c([2H])c([2H])c([2H])c54)cccc23)c([2H])c1[2H]. The smallest absolute Gasteiger partial charge is 0.159 e. The van der Waals surface area contributed by atoms with Crippen molar-refractivity contribution in [3.8, 4) is 50.2 Å². The number of rotatable bonds is 7. The molecule has 3 aliphatic rings.